The van der Waals surface area contributed by atoms with Crippen LogP contribution < -0.4 is 11.2 Å². The van der Waals surface area contributed by atoms with Gasteiger partial charge in [-0.1, -0.05) is 55.9 Å². The summed E-state index contributed by atoms with van der Waals surface area (Å²) in [5, 5.41) is 11.0. The van der Waals surface area contributed by atoms with Gasteiger partial charge in [-0.25, -0.2) is 9.07 Å². The number of nitrogens with zero attached hydrogens (tertiary/aromatic N) is 3. The molecule has 1 amide bonds. The van der Waals surface area contributed by atoms with Crippen molar-refractivity contribution in [3.8, 4) is 11.4 Å². The first kappa shape index (κ1) is 20.9. The topological polar surface area (TPSA) is 85.8 Å². The predicted molar refractivity (Wildman–Crippen MR) is 115 cm³/mol. The number of halogens is 1. The number of nitrogens with two attached hydrogens (primary N) is 1. The number of benzene rings is 2. The minimum absolute atomic E-state index is 0.152. The molecule has 3 N–H and O–H groups in total. The summed E-state index contributed by atoms with van der Waals surface area (Å²) in [6.07, 6.45) is 0.982. The number of aromatic nitrogens is 3. The maximum atomic E-state index is 13.5. The van der Waals surface area contributed by atoms with Gasteiger partial charge in [0, 0.05) is 11.3 Å². The number of anilines is 1. The molecule has 2 aromatic carbocycles. The van der Waals surface area contributed by atoms with Crippen LogP contribution in [-0.4, -0.2) is 26.0 Å². The van der Waals surface area contributed by atoms with Crippen LogP contribution in [0.5, 0.6) is 0 Å². The molecule has 0 aliphatic carbocycles. The monoisotopic (exact) mass is 413 g/mol. The molecule has 29 heavy (non-hydrogen) atoms. The predicted octanol–water partition coefficient (Wildman–Crippen LogP) is 4.43. The van der Waals surface area contributed by atoms with Crippen molar-refractivity contribution >= 4 is 23.4 Å². The summed E-state index contributed by atoms with van der Waals surface area (Å²) in [5.74, 6) is 6.23. The summed E-state index contributed by atoms with van der Waals surface area (Å²) in [6.45, 7) is 6.03. The fourth-order valence-electron chi connectivity index (χ4n) is 2.89. The lowest BCUT2D eigenvalue weighted by molar-refractivity contribution is -0.115. The molecule has 3 rings (SSSR count). The van der Waals surface area contributed by atoms with Crippen molar-refractivity contribution in [3.63, 3.8) is 0 Å². The number of nitrogen functional groups attached to an aromatic ring is 1. The Labute approximate surface area is 173 Å². The third-order valence-electron chi connectivity index (χ3n) is 4.76. The highest BCUT2D eigenvalue weighted by molar-refractivity contribution is 8.00. The first-order chi connectivity index (χ1) is 13.9. The second kappa shape index (κ2) is 9.09. The Hall–Kier alpha value is -2.87. The Kier molecular flexibility index (Phi) is 6.53. The lowest BCUT2D eigenvalue weighted by Crippen LogP contribution is -2.24. The van der Waals surface area contributed by atoms with Crippen molar-refractivity contribution in [2.75, 3.05) is 11.2 Å². The molecule has 152 valence electrons. The minimum atomic E-state index is -0.452. The minimum Gasteiger partial charge on any atom is -0.335 e. The van der Waals surface area contributed by atoms with Gasteiger partial charge < -0.3 is 11.2 Å². The van der Waals surface area contributed by atoms with Crippen LogP contribution in [0, 0.1) is 5.82 Å². The molecule has 0 saturated heterocycles. The van der Waals surface area contributed by atoms with Gasteiger partial charge in [-0.3, -0.25) is 4.79 Å². The van der Waals surface area contributed by atoms with Gasteiger partial charge in [0.25, 0.3) is 0 Å². The number of hydrogen-bond acceptors (Lipinski definition) is 5. The normalized spacial score (nSPS) is 13.1. The van der Waals surface area contributed by atoms with E-state index in [2.05, 4.69) is 29.4 Å². The second-order valence-corrected chi connectivity index (χ2v) is 8.14. The molecule has 1 heterocycles. The quantitative estimate of drug-likeness (QED) is 0.442. The zero-order chi connectivity index (χ0) is 21.0. The number of amides is 1. The van der Waals surface area contributed by atoms with E-state index in [4.69, 9.17) is 5.84 Å². The Bertz CT molecular complexity index is 1010. The molecule has 0 bridgehead atoms. The zero-order valence-electron chi connectivity index (χ0n) is 16.6. The summed E-state index contributed by atoms with van der Waals surface area (Å²) >= 11 is 1.20. The summed E-state index contributed by atoms with van der Waals surface area (Å²) < 4.78 is 14.7. The van der Waals surface area contributed by atoms with Crippen LogP contribution >= 0.6 is 11.8 Å². The molecular formula is C21H24FN5OS. The molecule has 8 heteroatoms. The van der Waals surface area contributed by atoms with E-state index in [0.29, 0.717) is 22.5 Å². The second-order valence-electron chi connectivity index (χ2n) is 6.83. The van der Waals surface area contributed by atoms with Crippen molar-refractivity contribution in [3.05, 3.63) is 59.9 Å². The number of carbonyl (C=O) groups excluding carboxylic acids is 1. The maximum Gasteiger partial charge on any atom is 0.237 e. The number of hydrogen-bond donors (Lipinski definition) is 2. The van der Waals surface area contributed by atoms with Crippen molar-refractivity contribution in [2.45, 2.75) is 43.5 Å². The smallest absolute Gasteiger partial charge is 0.237 e. The molecule has 0 fully saturated rings. The van der Waals surface area contributed by atoms with Crippen LogP contribution in [0.25, 0.3) is 11.4 Å². The lowest BCUT2D eigenvalue weighted by Gasteiger charge is -2.17. The van der Waals surface area contributed by atoms with Gasteiger partial charge >= 0.3 is 0 Å². The Morgan fingerprint density at radius 2 is 1.97 bits per heavy atom. The fraction of sp³-hybridized carbons (Fsp3) is 0.286. The molecule has 0 aliphatic rings. The molecule has 0 unspecified atom stereocenters. The van der Waals surface area contributed by atoms with E-state index in [1.807, 2.05) is 24.3 Å². The Morgan fingerprint density at radius 3 is 2.69 bits per heavy atom. The largest absolute Gasteiger partial charge is 0.335 e. The van der Waals surface area contributed by atoms with Crippen LogP contribution in [0.2, 0.25) is 0 Å². The molecule has 0 radical (unpaired) electrons. The number of rotatable bonds is 7. The van der Waals surface area contributed by atoms with Crippen LogP contribution in [0.3, 0.4) is 0 Å². The van der Waals surface area contributed by atoms with Crippen LogP contribution in [0.15, 0.2) is 53.7 Å². The van der Waals surface area contributed by atoms with Gasteiger partial charge in [-0.2, -0.15) is 0 Å². The van der Waals surface area contributed by atoms with E-state index in [1.54, 1.807) is 19.1 Å². The Balaban J connectivity index is 1.73. The van der Waals surface area contributed by atoms with Gasteiger partial charge in [0.1, 0.15) is 5.82 Å². The van der Waals surface area contributed by atoms with Crippen molar-refractivity contribution < 1.29 is 9.18 Å². The first-order valence-corrected chi connectivity index (χ1v) is 10.3. The van der Waals surface area contributed by atoms with Gasteiger partial charge in [-0.05, 0) is 43.0 Å². The average Bonchev–Trinajstić information content (AvgIpc) is 3.08. The van der Waals surface area contributed by atoms with Crippen LogP contribution in [-0.2, 0) is 4.79 Å². The number of para-hydroxylation sites is 1. The number of carbonyl (C=O) groups is 1. The molecule has 0 spiro atoms. The molecule has 0 aliphatic heterocycles. The third kappa shape index (κ3) is 4.76. The summed E-state index contributed by atoms with van der Waals surface area (Å²) in [6, 6.07) is 13.8. The fourth-order valence-corrected chi connectivity index (χ4v) is 3.66. The molecule has 6 nitrogen and oxygen atoms in total. The SMILES string of the molecule is CC[C@H](C)c1ccccc1NC(=O)[C@H](C)Sc1nnc(-c2cccc(F)c2)n1N. The van der Waals surface area contributed by atoms with E-state index >= 15 is 0 Å². The van der Waals surface area contributed by atoms with Crippen LogP contribution in [0.1, 0.15) is 38.7 Å². The molecule has 1 aromatic heterocycles. The van der Waals surface area contributed by atoms with E-state index in [-0.39, 0.29) is 11.7 Å². The Morgan fingerprint density at radius 1 is 1.21 bits per heavy atom. The van der Waals surface area contributed by atoms with Crippen LogP contribution in [0.4, 0.5) is 10.1 Å². The number of thioether (sulfide) groups is 1. The van der Waals surface area contributed by atoms with Gasteiger partial charge in [0.05, 0.1) is 5.25 Å². The van der Waals surface area contributed by atoms with E-state index < -0.39 is 5.25 Å². The molecule has 0 saturated carbocycles. The molecule has 3 aromatic rings. The van der Waals surface area contributed by atoms with Gasteiger partial charge in [0.15, 0.2) is 5.82 Å². The lowest BCUT2D eigenvalue weighted by atomic mass is 9.97. The highest BCUT2D eigenvalue weighted by Crippen LogP contribution is 2.29. The first-order valence-electron chi connectivity index (χ1n) is 9.43. The maximum absolute atomic E-state index is 13.5. The molecule has 2 atom stereocenters. The van der Waals surface area contributed by atoms with Crippen molar-refractivity contribution in [1.82, 2.24) is 14.9 Å². The standard InChI is InChI=1S/C21H24FN5OS/c1-4-13(2)17-10-5-6-11-18(17)24-20(28)14(3)29-21-26-25-19(27(21)23)15-8-7-9-16(22)12-15/h5-14H,4,23H2,1-3H3,(H,24,28)/t13-,14-/m0/s1. The summed E-state index contributed by atoms with van der Waals surface area (Å²) in [4.78, 5) is 12.7. The zero-order valence-corrected chi connectivity index (χ0v) is 17.4. The summed E-state index contributed by atoms with van der Waals surface area (Å²) in [7, 11) is 0. The van der Waals surface area contributed by atoms with E-state index in [0.717, 1.165) is 17.7 Å². The highest BCUT2D eigenvalue weighted by atomic mass is 32.2. The van der Waals surface area contributed by atoms with Crippen molar-refractivity contribution in [2.24, 2.45) is 0 Å². The number of nitrogens with one attached hydrogen (secondary N) is 1. The van der Waals surface area contributed by atoms with Gasteiger partial charge in [0.2, 0.25) is 11.1 Å². The van der Waals surface area contributed by atoms with Crippen molar-refractivity contribution in [1.29, 1.82) is 0 Å². The molecular weight excluding hydrogens is 389 g/mol. The third-order valence-corrected chi connectivity index (χ3v) is 5.82. The van der Waals surface area contributed by atoms with Gasteiger partial charge in [-0.15, -0.1) is 10.2 Å². The highest BCUT2D eigenvalue weighted by Gasteiger charge is 2.21. The van der Waals surface area contributed by atoms with E-state index in [1.165, 1.54) is 28.6 Å². The summed E-state index contributed by atoms with van der Waals surface area (Å²) in [5.41, 5.74) is 2.44. The average molecular weight is 414 g/mol. The van der Waals surface area contributed by atoms with E-state index in [9.17, 15) is 9.18 Å².